The summed E-state index contributed by atoms with van der Waals surface area (Å²) in [5.41, 5.74) is 0.946. The van der Waals surface area contributed by atoms with Crippen molar-refractivity contribution in [3.63, 3.8) is 0 Å². The molecule has 1 atom stereocenters. The van der Waals surface area contributed by atoms with Gasteiger partial charge in [-0.2, -0.15) is 0 Å². The molecule has 0 radical (unpaired) electrons. The number of carbonyl (C=O) groups excluding carboxylic acids is 1. The van der Waals surface area contributed by atoms with Gasteiger partial charge in [0.15, 0.2) is 0 Å². The van der Waals surface area contributed by atoms with Crippen molar-refractivity contribution in [2.45, 2.75) is 46.2 Å². The zero-order chi connectivity index (χ0) is 18.0. The Morgan fingerprint density at radius 2 is 2.20 bits per heavy atom. The molecule has 132 valence electrons. The number of aromatic nitrogens is 2. The molecular weight excluding hydrogens is 322 g/mol. The largest absolute Gasteiger partial charge is 0.469 e. The zero-order valence-corrected chi connectivity index (χ0v) is 14.5. The van der Waals surface area contributed by atoms with Gasteiger partial charge in [0.2, 0.25) is 11.6 Å². The van der Waals surface area contributed by atoms with Crippen LogP contribution in [-0.2, 0) is 17.8 Å². The van der Waals surface area contributed by atoms with Crippen LogP contribution in [0.1, 0.15) is 30.4 Å². The lowest BCUT2D eigenvalue weighted by atomic mass is 10.2. The van der Waals surface area contributed by atoms with Crippen LogP contribution < -0.4 is 10.9 Å². The number of carbonyl (C=O) groups is 1. The number of nitrogens with one attached hydrogen (secondary N) is 1. The van der Waals surface area contributed by atoms with Crippen LogP contribution in [-0.4, -0.2) is 21.5 Å². The third kappa shape index (κ3) is 3.65. The molecule has 3 aromatic heterocycles. The van der Waals surface area contributed by atoms with Gasteiger partial charge in [-0.1, -0.05) is 0 Å². The van der Waals surface area contributed by atoms with Crippen molar-refractivity contribution in [1.29, 1.82) is 0 Å². The van der Waals surface area contributed by atoms with Crippen LogP contribution >= 0.6 is 0 Å². The number of furan rings is 2. The Morgan fingerprint density at radius 3 is 2.92 bits per heavy atom. The molecule has 7 nitrogen and oxygen atoms in total. The highest BCUT2D eigenvalue weighted by molar-refractivity contribution is 5.78. The van der Waals surface area contributed by atoms with Gasteiger partial charge in [0.1, 0.15) is 23.2 Å². The van der Waals surface area contributed by atoms with Gasteiger partial charge >= 0.3 is 0 Å². The Balaban J connectivity index is 1.62. The van der Waals surface area contributed by atoms with E-state index in [2.05, 4.69) is 10.3 Å². The standard InChI is InChI=1S/C18H21N3O4/c1-11(9-14-5-4-8-24-14)20-15(22)6-7-21-10-19-17-16(18(21)23)12(2)13(3)25-17/h4-5,8,10-11H,6-7,9H2,1-3H3,(H,20,22). The average molecular weight is 343 g/mol. The van der Waals surface area contributed by atoms with Crippen molar-refractivity contribution in [2.75, 3.05) is 0 Å². The lowest BCUT2D eigenvalue weighted by Gasteiger charge is -2.13. The fourth-order valence-corrected chi connectivity index (χ4v) is 2.78. The Bertz CT molecular complexity index is 937. The van der Waals surface area contributed by atoms with Crippen LogP contribution in [0, 0.1) is 13.8 Å². The van der Waals surface area contributed by atoms with Gasteiger partial charge in [0, 0.05) is 31.0 Å². The van der Waals surface area contributed by atoms with Crippen LogP contribution in [0.4, 0.5) is 0 Å². The lowest BCUT2D eigenvalue weighted by molar-refractivity contribution is -0.121. The van der Waals surface area contributed by atoms with Gasteiger partial charge in [-0.25, -0.2) is 4.98 Å². The minimum absolute atomic E-state index is 0.0465. The first-order valence-corrected chi connectivity index (χ1v) is 8.22. The Labute approximate surface area is 144 Å². The minimum Gasteiger partial charge on any atom is -0.469 e. The third-order valence-corrected chi connectivity index (χ3v) is 4.23. The monoisotopic (exact) mass is 343 g/mol. The summed E-state index contributed by atoms with van der Waals surface area (Å²) < 4.78 is 12.2. The first-order chi connectivity index (χ1) is 12.0. The van der Waals surface area contributed by atoms with Gasteiger partial charge < -0.3 is 14.2 Å². The second-order valence-corrected chi connectivity index (χ2v) is 6.21. The molecular formula is C18H21N3O4. The molecule has 3 aromatic rings. The summed E-state index contributed by atoms with van der Waals surface area (Å²) in [5, 5.41) is 3.39. The smallest absolute Gasteiger partial charge is 0.264 e. The van der Waals surface area contributed by atoms with Gasteiger partial charge in [0.05, 0.1) is 6.26 Å². The highest BCUT2D eigenvalue weighted by atomic mass is 16.3. The summed E-state index contributed by atoms with van der Waals surface area (Å²) in [5.74, 6) is 1.39. The normalized spacial score (nSPS) is 12.4. The number of nitrogens with zero attached hydrogens (tertiary/aromatic N) is 2. The van der Waals surface area contributed by atoms with E-state index < -0.39 is 0 Å². The van der Waals surface area contributed by atoms with E-state index in [1.54, 1.807) is 13.2 Å². The predicted octanol–water partition coefficient (Wildman–Crippen LogP) is 2.34. The summed E-state index contributed by atoms with van der Waals surface area (Å²) in [6.45, 7) is 5.81. The van der Waals surface area contributed by atoms with Crippen molar-refractivity contribution in [3.8, 4) is 0 Å². The maximum absolute atomic E-state index is 12.5. The molecule has 0 bridgehead atoms. The Morgan fingerprint density at radius 1 is 1.40 bits per heavy atom. The highest BCUT2D eigenvalue weighted by Crippen LogP contribution is 2.19. The highest BCUT2D eigenvalue weighted by Gasteiger charge is 2.15. The summed E-state index contributed by atoms with van der Waals surface area (Å²) in [4.78, 5) is 28.8. The molecule has 0 spiro atoms. The van der Waals surface area contributed by atoms with Crippen molar-refractivity contribution in [1.82, 2.24) is 14.9 Å². The quantitative estimate of drug-likeness (QED) is 0.742. The molecule has 0 saturated carbocycles. The van der Waals surface area contributed by atoms with Gasteiger partial charge in [-0.05, 0) is 32.9 Å². The van der Waals surface area contributed by atoms with Crippen molar-refractivity contribution < 1.29 is 13.6 Å². The zero-order valence-electron chi connectivity index (χ0n) is 14.5. The number of aryl methyl sites for hydroxylation is 3. The second-order valence-electron chi connectivity index (χ2n) is 6.21. The molecule has 1 amide bonds. The molecule has 0 saturated heterocycles. The number of rotatable bonds is 6. The van der Waals surface area contributed by atoms with Crippen molar-refractivity contribution in [3.05, 3.63) is 52.2 Å². The van der Waals surface area contributed by atoms with E-state index in [4.69, 9.17) is 8.83 Å². The summed E-state index contributed by atoms with van der Waals surface area (Å²) >= 11 is 0. The van der Waals surface area contributed by atoms with Gasteiger partial charge in [0.25, 0.3) is 5.56 Å². The fourth-order valence-electron chi connectivity index (χ4n) is 2.78. The topological polar surface area (TPSA) is 90.3 Å². The van der Waals surface area contributed by atoms with Crippen LogP contribution in [0.2, 0.25) is 0 Å². The molecule has 1 N–H and O–H groups in total. The predicted molar refractivity (Wildman–Crippen MR) is 92.4 cm³/mol. The third-order valence-electron chi connectivity index (χ3n) is 4.23. The van der Waals surface area contributed by atoms with Crippen LogP contribution in [0.15, 0.2) is 38.4 Å². The maximum atomic E-state index is 12.5. The van der Waals surface area contributed by atoms with Crippen LogP contribution in [0.5, 0.6) is 0 Å². The minimum atomic E-state index is -0.184. The molecule has 7 heteroatoms. The van der Waals surface area contributed by atoms with Crippen LogP contribution in [0.25, 0.3) is 11.1 Å². The number of hydrogen-bond donors (Lipinski definition) is 1. The maximum Gasteiger partial charge on any atom is 0.264 e. The van der Waals surface area contributed by atoms with Crippen LogP contribution in [0.3, 0.4) is 0 Å². The molecule has 0 aliphatic heterocycles. The number of amides is 1. The SMILES string of the molecule is Cc1oc2ncn(CCC(=O)NC(C)Cc3ccco3)c(=O)c2c1C. The van der Waals surface area contributed by atoms with E-state index in [1.807, 2.05) is 26.0 Å². The van der Waals surface area contributed by atoms with E-state index >= 15 is 0 Å². The molecule has 1 unspecified atom stereocenters. The summed E-state index contributed by atoms with van der Waals surface area (Å²) in [7, 11) is 0. The fraction of sp³-hybridized carbons (Fsp3) is 0.389. The Hall–Kier alpha value is -2.83. The molecule has 3 rings (SSSR count). The molecule has 0 aliphatic carbocycles. The molecule has 0 aromatic carbocycles. The van der Waals surface area contributed by atoms with Crippen molar-refractivity contribution in [2.24, 2.45) is 0 Å². The first kappa shape index (κ1) is 17.0. The van der Waals surface area contributed by atoms with Gasteiger partial charge in [-0.15, -0.1) is 0 Å². The van der Waals surface area contributed by atoms with E-state index in [-0.39, 0.29) is 30.5 Å². The van der Waals surface area contributed by atoms with E-state index in [1.165, 1.54) is 10.9 Å². The van der Waals surface area contributed by atoms with Gasteiger partial charge in [-0.3, -0.25) is 14.2 Å². The molecule has 0 fully saturated rings. The van der Waals surface area contributed by atoms with E-state index in [0.29, 0.717) is 23.3 Å². The Kier molecular flexibility index (Phi) is 4.74. The lowest BCUT2D eigenvalue weighted by Crippen LogP contribution is -2.35. The number of fused-ring (bicyclic) bond motifs is 1. The summed E-state index contributed by atoms with van der Waals surface area (Å²) in [6, 6.07) is 3.65. The summed E-state index contributed by atoms with van der Waals surface area (Å²) in [6.07, 6.45) is 3.86. The average Bonchev–Trinajstić information content (AvgIpc) is 3.15. The molecule has 3 heterocycles. The molecule has 0 aliphatic rings. The molecule has 25 heavy (non-hydrogen) atoms. The van der Waals surface area contributed by atoms with Crippen molar-refractivity contribution >= 4 is 17.0 Å². The van der Waals surface area contributed by atoms with E-state index in [0.717, 1.165) is 11.3 Å². The second kappa shape index (κ2) is 6.96. The first-order valence-electron chi connectivity index (χ1n) is 8.22. The van der Waals surface area contributed by atoms with E-state index in [9.17, 15) is 9.59 Å². The number of hydrogen-bond acceptors (Lipinski definition) is 5.